The van der Waals surface area contributed by atoms with Crippen molar-refractivity contribution < 1.29 is 9.90 Å². The fraction of sp³-hybridized carbons (Fsp3) is 0.0556. The number of nitrogens with zero attached hydrogens (tertiary/aromatic N) is 2. The van der Waals surface area contributed by atoms with Gasteiger partial charge < -0.3 is 5.11 Å². The zero-order valence-corrected chi connectivity index (χ0v) is 12.0. The first kappa shape index (κ1) is 13.9. The van der Waals surface area contributed by atoms with E-state index < -0.39 is 5.97 Å². The van der Waals surface area contributed by atoms with Crippen LogP contribution in [0.4, 0.5) is 0 Å². The molecule has 0 saturated carbocycles. The van der Waals surface area contributed by atoms with Crippen molar-refractivity contribution in [2.24, 2.45) is 0 Å². The van der Waals surface area contributed by atoms with E-state index in [2.05, 4.69) is 9.97 Å². The van der Waals surface area contributed by atoms with Crippen molar-refractivity contribution in [1.29, 1.82) is 0 Å². The fourth-order valence-corrected chi connectivity index (χ4v) is 2.38. The number of hydrogen-bond acceptors (Lipinski definition) is 3. The van der Waals surface area contributed by atoms with Crippen LogP contribution in [0.1, 0.15) is 15.9 Å². The van der Waals surface area contributed by atoms with Gasteiger partial charge in [-0.25, -0.2) is 4.79 Å². The summed E-state index contributed by atoms with van der Waals surface area (Å²) >= 11 is 0. The lowest BCUT2D eigenvalue weighted by Crippen LogP contribution is -2.02. The average Bonchev–Trinajstić information content (AvgIpc) is 2.56. The Morgan fingerprint density at radius 2 is 1.86 bits per heavy atom. The predicted molar refractivity (Wildman–Crippen MR) is 84.6 cm³/mol. The summed E-state index contributed by atoms with van der Waals surface area (Å²) in [7, 11) is 0. The third kappa shape index (κ3) is 2.59. The smallest absolute Gasteiger partial charge is 0.337 e. The Morgan fingerprint density at radius 1 is 1.05 bits per heavy atom. The van der Waals surface area contributed by atoms with Gasteiger partial charge in [0.2, 0.25) is 0 Å². The molecule has 108 valence electrons. The largest absolute Gasteiger partial charge is 0.478 e. The first-order valence-corrected chi connectivity index (χ1v) is 6.86. The maximum absolute atomic E-state index is 11.4. The lowest BCUT2D eigenvalue weighted by Gasteiger charge is -2.10. The molecule has 0 spiro atoms. The molecule has 1 N–H and O–H groups in total. The Labute approximate surface area is 128 Å². The summed E-state index contributed by atoms with van der Waals surface area (Å²) in [5.74, 6) is -0.978. The average molecular weight is 290 g/mol. The first-order chi connectivity index (χ1) is 10.7. The summed E-state index contributed by atoms with van der Waals surface area (Å²) in [6, 6.07) is 13.0. The van der Waals surface area contributed by atoms with Crippen LogP contribution in [0.2, 0.25) is 0 Å². The van der Waals surface area contributed by atoms with E-state index in [1.165, 1.54) is 0 Å². The highest BCUT2D eigenvalue weighted by Gasteiger charge is 2.15. The molecule has 0 aliphatic rings. The minimum Gasteiger partial charge on any atom is -0.478 e. The monoisotopic (exact) mass is 290 g/mol. The van der Waals surface area contributed by atoms with Crippen LogP contribution >= 0.6 is 0 Å². The maximum Gasteiger partial charge on any atom is 0.337 e. The van der Waals surface area contributed by atoms with Crippen LogP contribution in [-0.2, 0) is 0 Å². The minimum atomic E-state index is -0.978. The van der Waals surface area contributed by atoms with Crippen molar-refractivity contribution >= 4 is 5.97 Å². The Bertz CT molecular complexity index is 830. The second-order valence-electron chi connectivity index (χ2n) is 4.98. The molecular weight excluding hydrogens is 276 g/mol. The van der Waals surface area contributed by atoms with E-state index in [1.54, 1.807) is 30.7 Å². The summed E-state index contributed by atoms with van der Waals surface area (Å²) in [6.07, 6.45) is 5.11. The molecule has 0 radical (unpaired) electrons. The van der Waals surface area contributed by atoms with Crippen LogP contribution in [0.15, 0.2) is 61.1 Å². The van der Waals surface area contributed by atoms with E-state index in [9.17, 15) is 9.90 Å². The van der Waals surface area contributed by atoms with Crippen molar-refractivity contribution in [2.75, 3.05) is 0 Å². The number of benzene rings is 1. The van der Waals surface area contributed by atoms with Gasteiger partial charge in [0.25, 0.3) is 0 Å². The van der Waals surface area contributed by atoms with Gasteiger partial charge in [0.05, 0.1) is 11.3 Å². The third-order valence-electron chi connectivity index (χ3n) is 3.53. The molecule has 22 heavy (non-hydrogen) atoms. The number of hydrogen-bond donors (Lipinski definition) is 1. The lowest BCUT2D eigenvalue weighted by atomic mass is 9.96. The number of rotatable bonds is 3. The topological polar surface area (TPSA) is 63.1 Å². The van der Waals surface area contributed by atoms with E-state index in [0.29, 0.717) is 5.69 Å². The van der Waals surface area contributed by atoms with E-state index >= 15 is 0 Å². The highest BCUT2D eigenvalue weighted by atomic mass is 16.4. The Kier molecular flexibility index (Phi) is 3.66. The van der Waals surface area contributed by atoms with Crippen molar-refractivity contribution in [3.8, 4) is 22.4 Å². The number of aromatic carboxylic acids is 1. The summed E-state index contributed by atoms with van der Waals surface area (Å²) in [5.41, 5.74) is 4.45. The van der Waals surface area contributed by atoms with Gasteiger partial charge in [0.15, 0.2) is 0 Å². The van der Waals surface area contributed by atoms with E-state index in [0.717, 1.165) is 22.3 Å². The molecular formula is C18H14N2O2. The van der Waals surface area contributed by atoms with Crippen molar-refractivity contribution in [3.63, 3.8) is 0 Å². The number of carboxylic acids is 1. The number of aromatic nitrogens is 2. The molecule has 4 nitrogen and oxygen atoms in total. The SMILES string of the molecule is Cc1ccc(-c2cccnc2)cc1-c1ncccc1C(=O)O. The highest BCUT2D eigenvalue weighted by Crippen LogP contribution is 2.29. The van der Waals surface area contributed by atoms with Gasteiger partial charge in [-0.15, -0.1) is 0 Å². The number of aryl methyl sites for hydroxylation is 1. The molecule has 2 heterocycles. The van der Waals surface area contributed by atoms with Gasteiger partial charge in [-0.2, -0.15) is 0 Å². The Balaban J connectivity index is 2.18. The summed E-state index contributed by atoms with van der Waals surface area (Å²) < 4.78 is 0. The summed E-state index contributed by atoms with van der Waals surface area (Å²) in [4.78, 5) is 19.8. The predicted octanol–water partition coefficient (Wildman–Crippen LogP) is 3.82. The molecule has 0 saturated heterocycles. The molecule has 2 aromatic heterocycles. The van der Waals surface area contributed by atoms with Crippen LogP contribution in [0, 0.1) is 6.92 Å². The number of carbonyl (C=O) groups is 1. The minimum absolute atomic E-state index is 0.203. The fourth-order valence-electron chi connectivity index (χ4n) is 2.38. The molecule has 3 rings (SSSR count). The second kappa shape index (κ2) is 5.77. The number of carboxylic acid groups (broad SMARTS) is 1. The third-order valence-corrected chi connectivity index (χ3v) is 3.53. The van der Waals surface area contributed by atoms with Gasteiger partial charge in [-0.05, 0) is 42.3 Å². The lowest BCUT2D eigenvalue weighted by molar-refractivity contribution is 0.0697. The molecule has 3 aromatic rings. The quantitative estimate of drug-likeness (QED) is 0.796. The van der Waals surface area contributed by atoms with Crippen LogP contribution < -0.4 is 0 Å². The van der Waals surface area contributed by atoms with Gasteiger partial charge in [-0.1, -0.05) is 18.2 Å². The molecule has 4 heteroatoms. The molecule has 0 aliphatic heterocycles. The highest BCUT2D eigenvalue weighted by molar-refractivity contribution is 5.95. The molecule has 0 fully saturated rings. The summed E-state index contributed by atoms with van der Waals surface area (Å²) in [6.45, 7) is 1.95. The van der Waals surface area contributed by atoms with Gasteiger partial charge in [0, 0.05) is 29.7 Å². The maximum atomic E-state index is 11.4. The molecule has 0 amide bonds. The van der Waals surface area contributed by atoms with Crippen LogP contribution in [0.5, 0.6) is 0 Å². The zero-order valence-electron chi connectivity index (χ0n) is 12.0. The first-order valence-electron chi connectivity index (χ1n) is 6.86. The van der Waals surface area contributed by atoms with E-state index in [4.69, 9.17) is 0 Å². The second-order valence-corrected chi connectivity index (χ2v) is 4.98. The molecule has 0 aliphatic carbocycles. The Hall–Kier alpha value is -3.01. The zero-order chi connectivity index (χ0) is 15.5. The van der Waals surface area contributed by atoms with Crippen LogP contribution in [0.25, 0.3) is 22.4 Å². The summed E-state index contributed by atoms with van der Waals surface area (Å²) in [5, 5.41) is 9.35. The van der Waals surface area contributed by atoms with Crippen molar-refractivity contribution in [3.05, 3.63) is 72.2 Å². The van der Waals surface area contributed by atoms with Crippen molar-refractivity contribution in [2.45, 2.75) is 6.92 Å². The normalized spacial score (nSPS) is 10.4. The molecule has 1 aromatic carbocycles. The van der Waals surface area contributed by atoms with Gasteiger partial charge in [-0.3, -0.25) is 9.97 Å². The van der Waals surface area contributed by atoms with Crippen molar-refractivity contribution in [1.82, 2.24) is 9.97 Å². The van der Waals surface area contributed by atoms with Gasteiger partial charge >= 0.3 is 5.97 Å². The molecule has 0 bridgehead atoms. The van der Waals surface area contributed by atoms with E-state index in [-0.39, 0.29) is 5.56 Å². The standard InChI is InChI=1S/C18H14N2O2/c1-12-6-7-13(14-4-2-8-19-11-14)10-16(12)17-15(18(21)22)5-3-9-20-17/h2-11H,1H3,(H,21,22). The van der Waals surface area contributed by atoms with E-state index in [1.807, 2.05) is 37.3 Å². The Morgan fingerprint density at radius 3 is 2.59 bits per heavy atom. The van der Waals surface area contributed by atoms with Gasteiger partial charge in [0.1, 0.15) is 0 Å². The van der Waals surface area contributed by atoms with Crippen LogP contribution in [-0.4, -0.2) is 21.0 Å². The molecule has 0 atom stereocenters. The van der Waals surface area contributed by atoms with Crippen LogP contribution in [0.3, 0.4) is 0 Å². The number of pyridine rings is 2. The molecule has 0 unspecified atom stereocenters.